The van der Waals surface area contributed by atoms with Crippen LogP contribution < -0.4 is 0 Å². The number of hydrogen-bond acceptors (Lipinski definition) is 3. The number of hydroxylamine groups is 2. The third kappa shape index (κ3) is 3.27. The zero-order valence-electron chi connectivity index (χ0n) is 24.6. The molecule has 0 saturated heterocycles. The van der Waals surface area contributed by atoms with E-state index in [0.29, 0.717) is 17.1 Å². The van der Waals surface area contributed by atoms with Gasteiger partial charge in [-0.05, 0) is 103 Å². The van der Waals surface area contributed by atoms with E-state index >= 15 is 0 Å². The largest absolute Gasteiger partial charge is 0.295 e. The molecule has 0 aromatic carbocycles. The van der Waals surface area contributed by atoms with Crippen molar-refractivity contribution in [2.24, 2.45) is 50.2 Å². The fourth-order valence-corrected chi connectivity index (χ4v) is 10.9. The second-order valence-electron chi connectivity index (χ2n) is 15.6. The van der Waals surface area contributed by atoms with Crippen LogP contribution in [-0.4, -0.2) is 30.9 Å². The third-order valence-electron chi connectivity index (χ3n) is 13.4. The van der Waals surface area contributed by atoms with Gasteiger partial charge in [0.05, 0.1) is 7.11 Å². The van der Waals surface area contributed by atoms with E-state index in [4.69, 9.17) is 4.84 Å². The van der Waals surface area contributed by atoms with E-state index < -0.39 is 5.41 Å². The number of carbonyl (C=O) groups excluding carboxylic acids is 2. The van der Waals surface area contributed by atoms with Crippen molar-refractivity contribution in [2.45, 2.75) is 113 Å². The average Bonchev–Trinajstić information content (AvgIpc) is 2.79. The van der Waals surface area contributed by atoms with Crippen molar-refractivity contribution in [3.8, 4) is 0 Å². The lowest BCUT2D eigenvalue weighted by Gasteiger charge is -2.70. The maximum Gasteiger partial charge on any atom is 0.251 e. The summed E-state index contributed by atoms with van der Waals surface area (Å²) in [7, 11) is 3.30. The number of allylic oxidation sites excluding steroid dienone is 2. The molecule has 0 heterocycles. The standard InChI is InChI=1S/C32H51NO3/c1-27(2)12-10-13-30(5)24(27)11-14-32(7)25(30)23(34)19-21-22-20-29(4,26(35)33(8)36-9)16-15-28(22,3)17-18-31(21,32)6/h19,22,24-25H,10-18,20H2,1-9H3/t22-,24?,25-,28-,29?,30+,31-,32-/m1/s1. The lowest BCUT2D eigenvalue weighted by molar-refractivity contribution is -0.191. The summed E-state index contributed by atoms with van der Waals surface area (Å²) < 4.78 is 0. The number of ketones is 1. The topological polar surface area (TPSA) is 46.6 Å². The lowest BCUT2D eigenvalue weighted by Crippen LogP contribution is -2.65. The van der Waals surface area contributed by atoms with Crippen LogP contribution in [0.1, 0.15) is 113 Å². The van der Waals surface area contributed by atoms with Crippen LogP contribution in [0.2, 0.25) is 0 Å². The van der Waals surface area contributed by atoms with Crippen LogP contribution in [0.4, 0.5) is 0 Å². The summed E-state index contributed by atoms with van der Waals surface area (Å²) in [5, 5.41) is 1.41. The van der Waals surface area contributed by atoms with E-state index in [1.165, 1.54) is 49.2 Å². The summed E-state index contributed by atoms with van der Waals surface area (Å²) in [5.74, 6) is 1.47. The quantitative estimate of drug-likeness (QED) is 0.374. The van der Waals surface area contributed by atoms with E-state index in [0.717, 1.165) is 25.7 Å². The average molecular weight is 498 g/mol. The molecular weight excluding hydrogens is 446 g/mol. The maximum absolute atomic E-state index is 14.4. The molecule has 4 fully saturated rings. The first-order chi connectivity index (χ1) is 16.6. The second-order valence-corrected chi connectivity index (χ2v) is 15.6. The predicted octanol–water partition coefficient (Wildman–Crippen LogP) is 7.38. The molecule has 202 valence electrons. The van der Waals surface area contributed by atoms with Crippen LogP contribution in [0.5, 0.6) is 0 Å². The molecule has 0 spiro atoms. The van der Waals surface area contributed by atoms with Gasteiger partial charge >= 0.3 is 0 Å². The molecule has 0 aromatic heterocycles. The highest BCUT2D eigenvalue weighted by Gasteiger charge is 2.69. The molecule has 0 radical (unpaired) electrons. The molecule has 2 unspecified atom stereocenters. The Hall–Kier alpha value is -1.16. The Kier molecular flexibility index (Phi) is 5.83. The van der Waals surface area contributed by atoms with Crippen LogP contribution in [0.25, 0.3) is 0 Å². The SMILES string of the molecule is CON(C)C(=O)C1(C)CC[C@]2(C)CC[C@]3(C)C(=CC(=O)[C@@H]4[C@@]5(C)CCCC(C)(C)C5CC[C@]43C)[C@H]2C1. The summed E-state index contributed by atoms with van der Waals surface area (Å²) in [5.41, 5.74) is 1.48. The van der Waals surface area contributed by atoms with E-state index in [-0.39, 0.29) is 39.4 Å². The first-order valence-electron chi connectivity index (χ1n) is 14.7. The smallest absolute Gasteiger partial charge is 0.251 e. The minimum absolute atomic E-state index is 0.0137. The van der Waals surface area contributed by atoms with Crippen molar-refractivity contribution in [1.82, 2.24) is 5.06 Å². The lowest BCUT2D eigenvalue weighted by atomic mass is 9.33. The van der Waals surface area contributed by atoms with Crippen molar-refractivity contribution >= 4 is 11.7 Å². The number of amides is 1. The summed E-state index contributed by atoms with van der Waals surface area (Å²) in [6.45, 7) is 16.9. The van der Waals surface area contributed by atoms with Crippen molar-refractivity contribution in [3.63, 3.8) is 0 Å². The third-order valence-corrected chi connectivity index (χ3v) is 13.4. The minimum atomic E-state index is -0.453. The Bertz CT molecular complexity index is 999. The van der Waals surface area contributed by atoms with Gasteiger partial charge in [0.25, 0.3) is 5.91 Å². The summed E-state index contributed by atoms with van der Waals surface area (Å²) in [4.78, 5) is 33.1. The van der Waals surface area contributed by atoms with Gasteiger partial charge in [-0.15, -0.1) is 0 Å². The molecule has 36 heavy (non-hydrogen) atoms. The van der Waals surface area contributed by atoms with Crippen LogP contribution in [0.3, 0.4) is 0 Å². The molecule has 5 aliphatic carbocycles. The van der Waals surface area contributed by atoms with Crippen LogP contribution in [-0.2, 0) is 14.4 Å². The maximum atomic E-state index is 14.4. The van der Waals surface area contributed by atoms with E-state index in [1.807, 2.05) is 0 Å². The predicted molar refractivity (Wildman–Crippen MR) is 144 cm³/mol. The van der Waals surface area contributed by atoms with Gasteiger partial charge in [0.2, 0.25) is 0 Å². The van der Waals surface area contributed by atoms with Crippen molar-refractivity contribution in [2.75, 3.05) is 14.2 Å². The van der Waals surface area contributed by atoms with Gasteiger partial charge in [-0.1, -0.05) is 60.5 Å². The van der Waals surface area contributed by atoms with Gasteiger partial charge in [-0.2, -0.15) is 0 Å². The van der Waals surface area contributed by atoms with Crippen LogP contribution in [0, 0.1) is 50.2 Å². The number of nitrogens with zero attached hydrogens (tertiary/aromatic N) is 1. The monoisotopic (exact) mass is 497 g/mol. The van der Waals surface area contributed by atoms with Gasteiger partial charge in [-0.3, -0.25) is 14.4 Å². The fourth-order valence-electron chi connectivity index (χ4n) is 10.9. The molecule has 5 rings (SSSR count). The highest BCUT2D eigenvalue weighted by Crippen LogP contribution is 2.75. The van der Waals surface area contributed by atoms with E-state index in [1.54, 1.807) is 14.2 Å². The minimum Gasteiger partial charge on any atom is -0.295 e. The molecule has 4 heteroatoms. The van der Waals surface area contributed by atoms with E-state index in [9.17, 15) is 9.59 Å². The Morgan fingerprint density at radius 1 is 0.944 bits per heavy atom. The van der Waals surface area contributed by atoms with Gasteiger partial charge in [0, 0.05) is 18.4 Å². The first kappa shape index (κ1) is 26.4. The zero-order valence-corrected chi connectivity index (χ0v) is 24.6. The molecule has 4 nitrogen and oxygen atoms in total. The van der Waals surface area contributed by atoms with Gasteiger partial charge in [-0.25, -0.2) is 5.06 Å². The van der Waals surface area contributed by atoms with Gasteiger partial charge in [0.1, 0.15) is 0 Å². The normalized spacial score (nSPS) is 49.6. The van der Waals surface area contributed by atoms with Gasteiger partial charge < -0.3 is 0 Å². The van der Waals surface area contributed by atoms with Crippen LogP contribution >= 0.6 is 0 Å². The molecule has 8 atom stereocenters. The number of hydrogen-bond donors (Lipinski definition) is 0. The Morgan fingerprint density at radius 3 is 2.28 bits per heavy atom. The van der Waals surface area contributed by atoms with Crippen molar-refractivity contribution in [3.05, 3.63) is 11.6 Å². The van der Waals surface area contributed by atoms with Crippen LogP contribution in [0.15, 0.2) is 11.6 Å². The summed E-state index contributed by atoms with van der Waals surface area (Å²) in [6, 6.07) is 0. The zero-order chi connectivity index (χ0) is 26.5. The number of rotatable bonds is 2. The first-order valence-corrected chi connectivity index (χ1v) is 14.7. The molecule has 1 amide bonds. The summed E-state index contributed by atoms with van der Waals surface area (Å²) >= 11 is 0. The molecule has 4 saturated carbocycles. The number of fused-ring (bicyclic) bond motifs is 7. The Labute approximate surface area is 219 Å². The van der Waals surface area contributed by atoms with E-state index in [2.05, 4.69) is 54.5 Å². The Morgan fingerprint density at radius 2 is 1.61 bits per heavy atom. The highest BCUT2D eigenvalue weighted by molar-refractivity contribution is 5.95. The van der Waals surface area contributed by atoms with Crippen molar-refractivity contribution < 1.29 is 14.4 Å². The van der Waals surface area contributed by atoms with Gasteiger partial charge in [0.15, 0.2) is 5.78 Å². The molecule has 0 bridgehead atoms. The molecule has 0 N–H and O–H groups in total. The molecule has 5 aliphatic rings. The molecular formula is C32H51NO3. The molecule has 0 aliphatic heterocycles. The number of carbonyl (C=O) groups is 2. The summed E-state index contributed by atoms with van der Waals surface area (Å²) in [6.07, 6.45) is 13.3. The second kappa shape index (κ2) is 7.93. The Balaban J connectivity index is 1.59. The highest BCUT2D eigenvalue weighted by atomic mass is 16.7. The molecule has 0 aromatic rings. The van der Waals surface area contributed by atoms with Crippen molar-refractivity contribution in [1.29, 1.82) is 0 Å². The fraction of sp³-hybridized carbons (Fsp3) is 0.875.